The van der Waals surface area contributed by atoms with Crippen LogP contribution >= 0.6 is 27.3 Å². The minimum Gasteiger partial charge on any atom is -0.302 e. The van der Waals surface area contributed by atoms with Crippen LogP contribution in [0.25, 0.3) is 0 Å². The third-order valence-corrected chi connectivity index (χ3v) is 4.30. The van der Waals surface area contributed by atoms with Gasteiger partial charge >= 0.3 is 0 Å². The molecule has 2 aromatic rings. The lowest BCUT2D eigenvalue weighted by atomic mass is 10.1. The number of rotatable bonds is 4. The minimum absolute atomic E-state index is 0.00407. The van der Waals surface area contributed by atoms with Crippen molar-refractivity contribution in [1.29, 1.82) is 0 Å². The maximum atomic E-state index is 13.4. The molecule has 2 nitrogen and oxygen atoms in total. The van der Waals surface area contributed by atoms with Crippen LogP contribution in [0, 0.1) is 12.7 Å². The van der Waals surface area contributed by atoms with Gasteiger partial charge in [-0.25, -0.2) is 9.37 Å². The van der Waals surface area contributed by atoms with Crippen molar-refractivity contribution in [3.63, 3.8) is 0 Å². The van der Waals surface area contributed by atoms with Crippen LogP contribution in [-0.4, -0.2) is 11.0 Å². The number of aromatic nitrogens is 1. The third kappa shape index (κ3) is 3.61. The van der Waals surface area contributed by atoms with Gasteiger partial charge in [0.15, 0.2) is 0 Å². The minimum atomic E-state index is -0.248. The lowest BCUT2D eigenvalue weighted by molar-refractivity contribution is 0.525. The Hall–Kier alpha value is -0.780. The number of thiazole rings is 1. The molecule has 1 aromatic carbocycles. The Morgan fingerprint density at radius 2 is 2.11 bits per heavy atom. The van der Waals surface area contributed by atoms with E-state index in [-0.39, 0.29) is 11.9 Å². The Morgan fingerprint density at radius 3 is 2.63 bits per heavy atom. The summed E-state index contributed by atoms with van der Waals surface area (Å²) in [5.41, 5.74) is 2.02. The molecule has 0 aliphatic heterocycles. The van der Waals surface area contributed by atoms with E-state index in [1.807, 2.05) is 18.4 Å². The van der Waals surface area contributed by atoms with Crippen LogP contribution in [0.5, 0.6) is 0 Å². The topological polar surface area (TPSA) is 24.9 Å². The maximum Gasteiger partial charge on any atom is 0.137 e. The van der Waals surface area contributed by atoms with Crippen LogP contribution in [0.1, 0.15) is 36.2 Å². The molecule has 1 aromatic heterocycles. The molecule has 0 spiro atoms. The van der Waals surface area contributed by atoms with Crippen molar-refractivity contribution >= 4 is 27.3 Å². The Balaban J connectivity index is 2.39. The van der Waals surface area contributed by atoms with Crippen LogP contribution in [0.4, 0.5) is 4.39 Å². The summed E-state index contributed by atoms with van der Waals surface area (Å²) in [4.78, 5) is 4.54. The van der Waals surface area contributed by atoms with Crippen molar-refractivity contribution in [1.82, 2.24) is 10.3 Å². The predicted octanol–water partition coefficient (Wildman–Crippen LogP) is 4.44. The zero-order chi connectivity index (χ0) is 14.0. The van der Waals surface area contributed by atoms with Crippen LogP contribution in [0.3, 0.4) is 0 Å². The maximum absolute atomic E-state index is 13.4. The van der Waals surface area contributed by atoms with Gasteiger partial charge in [0.1, 0.15) is 10.8 Å². The van der Waals surface area contributed by atoms with Gasteiger partial charge in [0.25, 0.3) is 0 Å². The highest BCUT2D eigenvalue weighted by molar-refractivity contribution is 9.10. The molecular weight excluding hydrogens is 327 g/mol. The van der Waals surface area contributed by atoms with E-state index < -0.39 is 0 Å². The summed E-state index contributed by atoms with van der Waals surface area (Å²) in [6.45, 7) is 6.16. The van der Waals surface area contributed by atoms with E-state index in [0.29, 0.717) is 10.5 Å². The molecule has 0 saturated carbocycles. The van der Waals surface area contributed by atoms with E-state index in [0.717, 1.165) is 16.3 Å². The molecule has 2 rings (SSSR count). The Kier molecular flexibility index (Phi) is 4.71. The highest BCUT2D eigenvalue weighted by Crippen LogP contribution is 2.28. The summed E-state index contributed by atoms with van der Waals surface area (Å²) in [5.74, 6) is -0.248. The number of benzene rings is 1. The number of nitrogens with one attached hydrogen (secondary N) is 1. The third-order valence-electron chi connectivity index (χ3n) is 2.66. The van der Waals surface area contributed by atoms with Crippen molar-refractivity contribution in [2.24, 2.45) is 0 Å². The Labute approximate surface area is 125 Å². The summed E-state index contributed by atoms with van der Waals surface area (Å²) >= 11 is 4.86. The molecule has 0 amide bonds. The Morgan fingerprint density at radius 1 is 1.37 bits per heavy atom. The molecule has 0 fully saturated rings. The van der Waals surface area contributed by atoms with Gasteiger partial charge in [-0.15, -0.1) is 11.3 Å². The molecule has 102 valence electrons. The molecule has 1 heterocycles. The van der Waals surface area contributed by atoms with Gasteiger partial charge in [-0.1, -0.05) is 6.07 Å². The van der Waals surface area contributed by atoms with Crippen LogP contribution in [-0.2, 0) is 0 Å². The standard InChI is InChI=1S/C14H16BrFN2S/c1-8(2)17-13(14-18-9(3)7-19-14)10-4-5-12(16)11(15)6-10/h4-8,13,17H,1-3H3. The molecule has 19 heavy (non-hydrogen) atoms. The van der Waals surface area contributed by atoms with Gasteiger partial charge in [0, 0.05) is 17.1 Å². The van der Waals surface area contributed by atoms with E-state index in [1.165, 1.54) is 6.07 Å². The average Bonchev–Trinajstić information content (AvgIpc) is 2.76. The molecule has 1 atom stereocenters. The average molecular weight is 343 g/mol. The zero-order valence-corrected chi connectivity index (χ0v) is 13.5. The van der Waals surface area contributed by atoms with Crippen molar-refractivity contribution in [2.75, 3.05) is 0 Å². The predicted molar refractivity (Wildman–Crippen MR) is 81.1 cm³/mol. The fraction of sp³-hybridized carbons (Fsp3) is 0.357. The highest BCUT2D eigenvalue weighted by atomic mass is 79.9. The smallest absolute Gasteiger partial charge is 0.137 e. The molecule has 0 bridgehead atoms. The van der Waals surface area contributed by atoms with E-state index in [2.05, 4.69) is 40.1 Å². The largest absolute Gasteiger partial charge is 0.302 e. The molecule has 1 N–H and O–H groups in total. The molecule has 5 heteroatoms. The molecular formula is C14H16BrFN2S. The SMILES string of the molecule is Cc1csc(C(NC(C)C)c2ccc(F)c(Br)c2)n1. The normalized spacial score (nSPS) is 12.9. The second-order valence-corrected chi connectivity index (χ2v) is 6.50. The molecule has 0 aliphatic carbocycles. The second-order valence-electron chi connectivity index (χ2n) is 4.76. The second kappa shape index (κ2) is 6.11. The monoisotopic (exact) mass is 342 g/mol. The fourth-order valence-electron chi connectivity index (χ4n) is 1.84. The van der Waals surface area contributed by atoms with E-state index >= 15 is 0 Å². The van der Waals surface area contributed by atoms with Gasteiger partial charge in [-0.3, -0.25) is 0 Å². The van der Waals surface area contributed by atoms with Crippen LogP contribution in [0.2, 0.25) is 0 Å². The first-order valence-corrected chi connectivity index (χ1v) is 7.77. The summed E-state index contributed by atoms with van der Waals surface area (Å²) in [6.07, 6.45) is 0. The highest BCUT2D eigenvalue weighted by Gasteiger charge is 2.19. The summed E-state index contributed by atoms with van der Waals surface area (Å²) in [6, 6.07) is 5.41. The first kappa shape index (κ1) is 14.6. The Bertz CT molecular complexity index is 568. The quantitative estimate of drug-likeness (QED) is 0.888. The van der Waals surface area contributed by atoms with Gasteiger partial charge in [0.05, 0.1) is 10.5 Å². The lowest BCUT2D eigenvalue weighted by Gasteiger charge is -2.20. The van der Waals surface area contributed by atoms with Gasteiger partial charge < -0.3 is 5.32 Å². The number of nitrogens with zero attached hydrogens (tertiary/aromatic N) is 1. The lowest BCUT2D eigenvalue weighted by Crippen LogP contribution is -2.29. The van der Waals surface area contributed by atoms with Crippen LogP contribution in [0.15, 0.2) is 28.1 Å². The van der Waals surface area contributed by atoms with Crippen molar-refractivity contribution < 1.29 is 4.39 Å². The van der Waals surface area contributed by atoms with E-state index in [1.54, 1.807) is 17.4 Å². The van der Waals surface area contributed by atoms with Crippen molar-refractivity contribution in [3.8, 4) is 0 Å². The number of halogens is 2. The van der Waals surface area contributed by atoms with Crippen molar-refractivity contribution in [3.05, 3.63) is 50.1 Å². The first-order valence-electron chi connectivity index (χ1n) is 6.10. The van der Waals surface area contributed by atoms with E-state index in [9.17, 15) is 4.39 Å². The molecule has 0 saturated heterocycles. The fourth-order valence-corrected chi connectivity index (χ4v) is 3.12. The molecule has 0 aliphatic rings. The number of hydrogen-bond donors (Lipinski definition) is 1. The number of hydrogen-bond acceptors (Lipinski definition) is 3. The van der Waals surface area contributed by atoms with E-state index in [4.69, 9.17) is 0 Å². The van der Waals surface area contributed by atoms with Gasteiger partial charge in [-0.05, 0) is 54.4 Å². The first-order chi connectivity index (χ1) is 8.97. The summed E-state index contributed by atoms with van der Waals surface area (Å²) in [7, 11) is 0. The zero-order valence-electron chi connectivity index (χ0n) is 11.1. The molecule has 1 unspecified atom stereocenters. The van der Waals surface area contributed by atoms with Gasteiger partial charge in [-0.2, -0.15) is 0 Å². The summed E-state index contributed by atoms with van der Waals surface area (Å²) in [5, 5.41) is 6.51. The number of aryl methyl sites for hydroxylation is 1. The molecule has 0 radical (unpaired) electrons. The van der Waals surface area contributed by atoms with Gasteiger partial charge in [0.2, 0.25) is 0 Å². The van der Waals surface area contributed by atoms with Crippen LogP contribution < -0.4 is 5.32 Å². The summed E-state index contributed by atoms with van der Waals surface area (Å²) < 4.78 is 13.8. The van der Waals surface area contributed by atoms with Crippen molar-refractivity contribution in [2.45, 2.75) is 32.9 Å².